The number of hydrogen-bond donors (Lipinski definition) is 1. The first-order chi connectivity index (χ1) is 8.71. The largest absolute Gasteiger partial charge is 0.493 e. The van der Waals surface area contributed by atoms with Crippen LogP contribution in [0.3, 0.4) is 0 Å². The molecule has 3 nitrogen and oxygen atoms in total. The molecule has 0 radical (unpaired) electrons. The zero-order valence-corrected chi connectivity index (χ0v) is 11.3. The molecule has 0 aliphatic carbocycles. The molecule has 0 fully saturated rings. The second-order valence-electron chi connectivity index (χ2n) is 4.11. The van der Waals surface area contributed by atoms with Gasteiger partial charge in [-0.2, -0.15) is 0 Å². The van der Waals surface area contributed by atoms with Crippen LogP contribution in [0.5, 0.6) is 11.5 Å². The fourth-order valence-electron chi connectivity index (χ4n) is 1.64. The number of hydrogen-bond acceptors (Lipinski definition) is 3. The summed E-state index contributed by atoms with van der Waals surface area (Å²) in [4.78, 5) is 0. The van der Waals surface area contributed by atoms with Gasteiger partial charge in [0.05, 0.1) is 13.7 Å². The topological polar surface area (TPSA) is 30.5 Å². The average Bonchev–Trinajstić information content (AvgIpc) is 2.38. The van der Waals surface area contributed by atoms with Crippen molar-refractivity contribution >= 4 is 0 Å². The SMILES string of the molecule is C#CCC(C)NCc1ccc(OCC)c(OC)c1. The van der Waals surface area contributed by atoms with E-state index in [-0.39, 0.29) is 0 Å². The summed E-state index contributed by atoms with van der Waals surface area (Å²) in [6, 6.07) is 6.27. The van der Waals surface area contributed by atoms with E-state index in [0.29, 0.717) is 12.6 Å². The number of rotatable bonds is 7. The summed E-state index contributed by atoms with van der Waals surface area (Å²) in [5, 5.41) is 3.36. The van der Waals surface area contributed by atoms with Gasteiger partial charge in [-0.25, -0.2) is 0 Å². The molecule has 0 aliphatic rings. The molecule has 0 amide bonds. The van der Waals surface area contributed by atoms with Crippen LogP contribution in [0.15, 0.2) is 18.2 Å². The van der Waals surface area contributed by atoms with Crippen LogP contribution >= 0.6 is 0 Å². The number of methoxy groups -OCH3 is 1. The minimum atomic E-state index is 0.313. The van der Waals surface area contributed by atoms with E-state index in [2.05, 4.69) is 18.2 Å². The van der Waals surface area contributed by atoms with Crippen molar-refractivity contribution in [2.45, 2.75) is 32.9 Å². The summed E-state index contributed by atoms with van der Waals surface area (Å²) in [5.41, 5.74) is 1.15. The van der Waals surface area contributed by atoms with Crippen LogP contribution in [0, 0.1) is 12.3 Å². The first-order valence-electron chi connectivity index (χ1n) is 6.17. The molecular formula is C15H21NO2. The normalized spacial score (nSPS) is 11.7. The summed E-state index contributed by atoms with van der Waals surface area (Å²) >= 11 is 0. The van der Waals surface area contributed by atoms with Gasteiger partial charge < -0.3 is 14.8 Å². The summed E-state index contributed by atoms with van der Waals surface area (Å²) in [5.74, 6) is 4.19. The Hall–Kier alpha value is -1.66. The molecule has 18 heavy (non-hydrogen) atoms. The third-order valence-corrected chi connectivity index (χ3v) is 2.61. The van der Waals surface area contributed by atoms with Gasteiger partial charge in [0, 0.05) is 19.0 Å². The molecule has 1 atom stereocenters. The minimum Gasteiger partial charge on any atom is -0.493 e. The highest BCUT2D eigenvalue weighted by Crippen LogP contribution is 2.27. The van der Waals surface area contributed by atoms with Gasteiger partial charge in [-0.1, -0.05) is 6.07 Å². The monoisotopic (exact) mass is 247 g/mol. The molecule has 1 aromatic rings. The summed E-state index contributed by atoms with van der Waals surface area (Å²) in [6.07, 6.45) is 6.00. The van der Waals surface area contributed by atoms with E-state index >= 15 is 0 Å². The smallest absolute Gasteiger partial charge is 0.161 e. The number of terminal acetylenes is 1. The van der Waals surface area contributed by atoms with Gasteiger partial charge in [0.25, 0.3) is 0 Å². The van der Waals surface area contributed by atoms with E-state index in [1.165, 1.54) is 0 Å². The van der Waals surface area contributed by atoms with Crippen LogP contribution in [0.2, 0.25) is 0 Å². The van der Waals surface area contributed by atoms with Crippen LogP contribution in [-0.4, -0.2) is 19.8 Å². The molecule has 1 unspecified atom stereocenters. The number of benzene rings is 1. The molecule has 98 valence electrons. The zero-order valence-electron chi connectivity index (χ0n) is 11.3. The number of nitrogens with one attached hydrogen (secondary N) is 1. The van der Waals surface area contributed by atoms with Gasteiger partial charge in [0.2, 0.25) is 0 Å². The Morgan fingerprint density at radius 3 is 2.78 bits per heavy atom. The van der Waals surface area contributed by atoms with E-state index in [1.54, 1.807) is 7.11 Å². The number of ether oxygens (including phenoxy) is 2. The van der Waals surface area contributed by atoms with Crippen LogP contribution < -0.4 is 14.8 Å². The highest BCUT2D eigenvalue weighted by Gasteiger charge is 2.06. The molecule has 0 aliphatic heterocycles. The minimum absolute atomic E-state index is 0.313. The molecule has 0 bridgehead atoms. The van der Waals surface area contributed by atoms with Crippen molar-refractivity contribution < 1.29 is 9.47 Å². The lowest BCUT2D eigenvalue weighted by Crippen LogP contribution is -2.24. The highest BCUT2D eigenvalue weighted by atomic mass is 16.5. The molecule has 0 heterocycles. The van der Waals surface area contributed by atoms with Crippen molar-refractivity contribution in [1.29, 1.82) is 0 Å². The van der Waals surface area contributed by atoms with Crippen molar-refractivity contribution in [2.24, 2.45) is 0 Å². The first kappa shape index (κ1) is 14.4. The lowest BCUT2D eigenvalue weighted by atomic mass is 10.1. The van der Waals surface area contributed by atoms with Gasteiger partial charge in [0.15, 0.2) is 11.5 Å². The molecular weight excluding hydrogens is 226 g/mol. The summed E-state index contributed by atoms with van der Waals surface area (Å²) in [7, 11) is 1.65. The van der Waals surface area contributed by atoms with Crippen LogP contribution in [0.25, 0.3) is 0 Å². The summed E-state index contributed by atoms with van der Waals surface area (Å²) in [6.45, 7) is 5.43. The predicted octanol–water partition coefficient (Wildman–Crippen LogP) is 2.60. The molecule has 1 rings (SSSR count). The van der Waals surface area contributed by atoms with Crippen molar-refractivity contribution in [3.05, 3.63) is 23.8 Å². The molecule has 1 N–H and O–H groups in total. The van der Waals surface area contributed by atoms with Crippen molar-refractivity contribution in [2.75, 3.05) is 13.7 Å². The molecule has 0 saturated carbocycles. The van der Waals surface area contributed by atoms with Crippen LogP contribution in [0.4, 0.5) is 0 Å². The van der Waals surface area contributed by atoms with Crippen molar-refractivity contribution in [3.8, 4) is 23.8 Å². The van der Waals surface area contributed by atoms with Crippen LogP contribution in [0.1, 0.15) is 25.8 Å². The Morgan fingerprint density at radius 1 is 1.39 bits per heavy atom. The first-order valence-corrected chi connectivity index (χ1v) is 6.17. The molecule has 0 spiro atoms. The third-order valence-electron chi connectivity index (χ3n) is 2.61. The molecule has 0 aromatic heterocycles. The predicted molar refractivity (Wildman–Crippen MR) is 73.9 cm³/mol. The highest BCUT2D eigenvalue weighted by molar-refractivity contribution is 5.42. The Bertz CT molecular complexity index is 409. The molecule has 1 aromatic carbocycles. The Morgan fingerprint density at radius 2 is 2.17 bits per heavy atom. The van der Waals surface area contributed by atoms with Gasteiger partial charge >= 0.3 is 0 Å². The second kappa shape index (κ2) is 7.62. The Kier molecular flexibility index (Phi) is 6.10. The maximum absolute atomic E-state index is 5.48. The van der Waals surface area contributed by atoms with Gasteiger partial charge in [-0.15, -0.1) is 12.3 Å². The zero-order chi connectivity index (χ0) is 13.4. The van der Waals surface area contributed by atoms with Crippen molar-refractivity contribution in [3.63, 3.8) is 0 Å². The molecule has 3 heteroatoms. The van der Waals surface area contributed by atoms with E-state index < -0.39 is 0 Å². The van der Waals surface area contributed by atoms with Gasteiger partial charge in [-0.3, -0.25) is 0 Å². The van der Waals surface area contributed by atoms with Crippen LogP contribution in [-0.2, 0) is 6.54 Å². The lowest BCUT2D eigenvalue weighted by molar-refractivity contribution is 0.310. The third kappa shape index (κ3) is 4.31. The quantitative estimate of drug-likeness (QED) is 0.751. The van der Waals surface area contributed by atoms with E-state index in [0.717, 1.165) is 30.0 Å². The van der Waals surface area contributed by atoms with E-state index in [9.17, 15) is 0 Å². The molecule has 0 saturated heterocycles. The summed E-state index contributed by atoms with van der Waals surface area (Å²) < 4.78 is 10.8. The maximum atomic E-state index is 5.48. The second-order valence-corrected chi connectivity index (χ2v) is 4.11. The Labute approximate surface area is 109 Å². The fraction of sp³-hybridized carbons (Fsp3) is 0.467. The van der Waals surface area contributed by atoms with Crippen molar-refractivity contribution in [1.82, 2.24) is 5.32 Å². The Balaban J connectivity index is 2.65. The van der Waals surface area contributed by atoms with Gasteiger partial charge in [-0.05, 0) is 31.5 Å². The van der Waals surface area contributed by atoms with E-state index in [4.69, 9.17) is 15.9 Å². The fourth-order valence-corrected chi connectivity index (χ4v) is 1.64. The van der Waals surface area contributed by atoms with E-state index in [1.807, 2.05) is 25.1 Å². The maximum Gasteiger partial charge on any atom is 0.161 e. The lowest BCUT2D eigenvalue weighted by Gasteiger charge is -2.13. The average molecular weight is 247 g/mol. The van der Waals surface area contributed by atoms with Gasteiger partial charge in [0.1, 0.15) is 0 Å². The standard InChI is InChI=1S/C15H21NO2/c1-5-7-12(3)16-11-13-8-9-14(18-6-2)15(10-13)17-4/h1,8-10,12,16H,6-7,11H2,2-4H3.